The second-order valence-corrected chi connectivity index (χ2v) is 5.43. The fourth-order valence-electron chi connectivity index (χ4n) is 2.45. The van der Waals surface area contributed by atoms with Crippen molar-refractivity contribution in [1.29, 1.82) is 0 Å². The average Bonchev–Trinajstić information content (AvgIpc) is 2.97. The molecule has 1 aromatic rings. The van der Waals surface area contributed by atoms with E-state index in [9.17, 15) is 9.90 Å². The van der Waals surface area contributed by atoms with Gasteiger partial charge in [0, 0.05) is 46.6 Å². The third-order valence-corrected chi connectivity index (χ3v) is 3.41. The number of aromatic nitrogens is 2. The van der Waals surface area contributed by atoms with Crippen LogP contribution in [0.3, 0.4) is 0 Å². The molecule has 1 aromatic heterocycles. The van der Waals surface area contributed by atoms with Gasteiger partial charge >= 0.3 is 0 Å². The van der Waals surface area contributed by atoms with Gasteiger partial charge in [-0.15, -0.1) is 0 Å². The zero-order valence-corrected chi connectivity index (χ0v) is 12.3. The van der Waals surface area contributed by atoms with Crippen LogP contribution in [0.1, 0.15) is 24.8 Å². The van der Waals surface area contributed by atoms with E-state index in [0.29, 0.717) is 12.4 Å². The standard InChI is InChI=1S/C14H22N4O2/c1-16(2)9-11-4-6-18(10-11)13(20)8-12(19)14-15-5-7-17(14)3/h5,7,9,12,19H,4,6,8,10H2,1-3H3/b11-9+. The van der Waals surface area contributed by atoms with Gasteiger partial charge in [-0.3, -0.25) is 4.79 Å². The van der Waals surface area contributed by atoms with Gasteiger partial charge in [-0.25, -0.2) is 4.98 Å². The van der Waals surface area contributed by atoms with E-state index >= 15 is 0 Å². The summed E-state index contributed by atoms with van der Waals surface area (Å²) < 4.78 is 1.74. The molecular weight excluding hydrogens is 256 g/mol. The molecule has 1 N–H and O–H groups in total. The Morgan fingerprint density at radius 3 is 2.95 bits per heavy atom. The van der Waals surface area contributed by atoms with Gasteiger partial charge in [0.25, 0.3) is 0 Å². The number of aliphatic hydroxyl groups is 1. The summed E-state index contributed by atoms with van der Waals surface area (Å²) in [5.41, 5.74) is 1.25. The second kappa shape index (κ2) is 6.09. The largest absolute Gasteiger partial charge is 0.385 e. The molecule has 0 saturated carbocycles. The van der Waals surface area contributed by atoms with Crippen LogP contribution in [-0.4, -0.2) is 57.5 Å². The summed E-state index contributed by atoms with van der Waals surface area (Å²) >= 11 is 0. The van der Waals surface area contributed by atoms with Crippen LogP contribution in [-0.2, 0) is 11.8 Å². The Labute approximate surface area is 119 Å². The smallest absolute Gasteiger partial charge is 0.225 e. The van der Waals surface area contributed by atoms with Gasteiger partial charge in [0.1, 0.15) is 11.9 Å². The van der Waals surface area contributed by atoms with E-state index in [0.717, 1.165) is 13.0 Å². The maximum Gasteiger partial charge on any atom is 0.225 e. The third kappa shape index (κ3) is 3.39. The minimum Gasteiger partial charge on any atom is -0.385 e. The van der Waals surface area contributed by atoms with E-state index in [1.165, 1.54) is 5.57 Å². The Hall–Kier alpha value is -1.82. The van der Waals surface area contributed by atoms with Gasteiger partial charge < -0.3 is 19.5 Å². The van der Waals surface area contributed by atoms with Gasteiger partial charge in [-0.2, -0.15) is 0 Å². The summed E-state index contributed by atoms with van der Waals surface area (Å²) in [5.74, 6) is 0.504. The first-order valence-corrected chi connectivity index (χ1v) is 6.76. The molecule has 6 heteroatoms. The first-order valence-electron chi connectivity index (χ1n) is 6.76. The summed E-state index contributed by atoms with van der Waals surface area (Å²) in [6.45, 7) is 1.39. The number of carbonyl (C=O) groups is 1. The van der Waals surface area contributed by atoms with E-state index in [1.54, 1.807) is 21.9 Å². The van der Waals surface area contributed by atoms with Crippen LogP contribution in [0.4, 0.5) is 0 Å². The summed E-state index contributed by atoms with van der Waals surface area (Å²) in [7, 11) is 5.76. The summed E-state index contributed by atoms with van der Waals surface area (Å²) in [6.07, 6.45) is 5.59. The number of likely N-dealkylation sites (tertiary alicyclic amines) is 1. The lowest BCUT2D eigenvalue weighted by molar-refractivity contribution is -0.132. The summed E-state index contributed by atoms with van der Waals surface area (Å²) in [5, 5.41) is 10.1. The number of hydrogen-bond acceptors (Lipinski definition) is 4. The first-order chi connectivity index (χ1) is 9.47. The number of aryl methyl sites for hydroxylation is 1. The number of imidazole rings is 1. The fraction of sp³-hybridized carbons (Fsp3) is 0.571. The molecular formula is C14H22N4O2. The lowest BCUT2D eigenvalue weighted by Gasteiger charge is -2.17. The number of amides is 1. The van der Waals surface area contributed by atoms with Gasteiger partial charge in [-0.05, 0) is 18.2 Å². The van der Waals surface area contributed by atoms with Crippen molar-refractivity contribution in [2.45, 2.75) is 18.9 Å². The van der Waals surface area contributed by atoms with Gasteiger partial charge in [0.05, 0.1) is 6.42 Å². The number of aliphatic hydroxyl groups excluding tert-OH is 1. The molecule has 1 atom stereocenters. The van der Waals surface area contributed by atoms with Crippen LogP contribution in [0.5, 0.6) is 0 Å². The van der Waals surface area contributed by atoms with Crippen molar-refractivity contribution < 1.29 is 9.90 Å². The molecule has 0 aromatic carbocycles. The van der Waals surface area contributed by atoms with Crippen molar-refractivity contribution in [3.63, 3.8) is 0 Å². The lowest BCUT2D eigenvalue weighted by atomic mass is 10.2. The molecule has 0 spiro atoms. The van der Waals surface area contributed by atoms with Crippen molar-refractivity contribution >= 4 is 5.91 Å². The van der Waals surface area contributed by atoms with Crippen molar-refractivity contribution in [3.05, 3.63) is 30.0 Å². The molecule has 2 heterocycles. The maximum absolute atomic E-state index is 12.2. The van der Waals surface area contributed by atoms with Crippen molar-refractivity contribution in [1.82, 2.24) is 19.4 Å². The topological polar surface area (TPSA) is 61.6 Å². The summed E-state index contributed by atoms with van der Waals surface area (Å²) in [6, 6.07) is 0. The van der Waals surface area contributed by atoms with Crippen LogP contribution in [0, 0.1) is 0 Å². The number of rotatable bonds is 4. The Bertz CT molecular complexity index is 507. The van der Waals surface area contributed by atoms with E-state index < -0.39 is 6.10 Å². The lowest BCUT2D eigenvalue weighted by Crippen LogP contribution is -2.29. The van der Waals surface area contributed by atoms with Crippen LogP contribution in [0.15, 0.2) is 24.2 Å². The molecule has 1 aliphatic heterocycles. The second-order valence-electron chi connectivity index (χ2n) is 5.43. The first kappa shape index (κ1) is 14.6. The van der Waals surface area contributed by atoms with Crippen LogP contribution < -0.4 is 0 Å². The molecule has 1 unspecified atom stereocenters. The SMILES string of the molecule is CN(C)/C=C1\CCN(C(=O)CC(O)c2nccn2C)C1. The predicted octanol–water partition coefficient (Wildman–Crippen LogP) is 0.521. The molecule has 1 saturated heterocycles. The molecule has 1 fully saturated rings. The Morgan fingerprint density at radius 1 is 1.60 bits per heavy atom. The monoisotopic (exact) mass is 278 g/mol. The zero-order valence-electron chi connectivity index (χ0n) is 12.3. The molecule has 0 bridgehead atoms. The number of carbonyl (C=O) groups excluding carboxylic acids is 1. The van der Waals surface area contributed by atoms with E-state index in [-0.39, 0.29) is 12.3 Å². The molecule has 6 nitrogen and oxygen atoms in total. The summed E-state index contributed by atoms with van der Waals surface area (Å²) in [4.78, 5) is 20.0. The van der Waals surface area contributed by atoms with E-state index in [4.69, 9.17) is 0 Å². The third-order valence-electron chi connectivity index (χ3n) is 3.41. The highest BCUT2D eigenvalue weighted by Crippen LogP contribution is 2.20. The Balaban J connectivity index is 1.92. The average molecular weight is 278 g/mol. The fourth-order valence-corrected chi connectivity index (χ4v) is 2.45. The zero-order chi connectivity index (χ0) is 14.7. The molecule has 0 radical (unpaired) electrons. The molecule has 2 rings (SSSR count). The van der Waals surface area contributed by atoms with Crippen LogP contribution in [0.2, 0.25) is 0 Å². The normalized spacial score (nSPS) is 18.6. The molecule has 1 amide bonds. The van der Waals surface area contributed by atoms with Gasteiger partial charge in [-0.1, -0.05) is 0 Å². The predicted molar refractivity (Wildman–Crippen MR) is 75.8 cm³/mol. The van der Waals surface area contributed by atoms with Gasteiger partial charge in [0.15, 0.2) is 0 Å². The van der Waals surface area contributed by atoms with Crippen LogP contribution >= 0.6 is 0 Å². The highest BCUT2D eigenvalue weighted by Gasteiger charge is 2.25. The van der Waals surface area contributed by atoms with E-state index in [2.05, 4.69) is 11.2 Å². The molecule has 1 aliphatic rings. The van der Waals surface area contributed by atoms with Crippen molar-refractivity contribution in [3.8, 4) is 0 Å². The Kier molecular flexibility index (Phi) is 4.44. The number of nitrogens with zero attached hydrogens (tertiary/aromatic N) is 4. The van der Waals surface area contributed by atoms with Crippen molar-refractivity contribution in [2.24, 2.45) is 7.05 Å². The molecule has 20 heavy (non-hydrogen) atoms. The molecule has 110 valence electrons. The minimum absolute atomic E-state index is 0.0253. The maximum atomic E-state index is 12.2. The van der Waals surface area contributed by atoms with Crippen molar-refractivity contribution in [2.75, 3.05) is 27.2 Å². The van der Waals surface area contributed by atoms with Crippen LogP contribution in [0.25, 0.3) is 0 Å². The van der Waals surface area contributed by atoms with Gasteiger partial charge in [0.2, 0.25) is 5.91 Å². The quantitative estimate of drug-likeness (QED) is 0.872. The number of hydrogen-bond donors (Lipinski definition) is 1. The highest BCUT2D eigenvalue weighted by atomic mass is 16.3. The minimum atomic E-state index is -0.843. The Morgan fingerprint density at radius 2 is 2.35 bits per heavy atom. The highest BCUT2D eigenvalue weighted by molar-refractivity contribution is 5.77. The van der Waals surface area contributed by atoms with E-state index in [1.807, 2.05) is 26.0 Å². The molecule has 0 aliphatic carbocycles.